The number of Topliss-reactive ketones (excluding diaryl/α,β-unsaturated/α-hetero) is 1. The number of hydrogen-bond acceptors (Lipinski definition) is 5. The molecule has 0 amide bonds. The second kappa shape index (κ2) is 8.22. The van der Waals surface area contributed by atoms with E-state index in [1.54, 1.807) is 18.3 Å². The third-order valence-corrected chi connectivity index (χ3v) is 7.44. The van der Waals surface area contributed by atoms with Crippen LogP contribution in [0.1, 0.15) is 15.9 Å². The number of carbonyl (C=O) groups excluding carboxylic acids is 1. The lowest BCUT2D eigenvalue weighted by Gasteiger charge is -2.33. The first-order valence-electron chi connectivity index (χ1n) is 9.86. The van der Waals surface area contributed by atoms with Gasteiger partial charge in [-0.1, -0.05) is 24.3 Å². The Kier molecular flexibility index (Phi) is 5.64. The maximum absolute atomic E-state index is 13.1. The van der Waals surface area contributed by atoms with Crippen molar-refractivity contribution in [3.63, 3.8) is 0 Å². The Morgan fingerprint density at radius 2 is 1.83 bits per heavy atom. The lowest BCUT2D eigenvalue weighted by molar-refractivity contribution is 0.0903. The third kappa shape index (κ3) is 3.86. The molecule has 0 radical (unpaired) electrons. The summed E-state index contributed by atoms with van der Waals surface area (Å²) in [6.45, 7) is 3.79. The molecule has 4 rings (SSSR count). The maximum Gasteiger partial charge on any atom is 0.246 e. The molecule has 30 heavy (non-hydrogen) atoms. The normalized spacial score (nSPS) is 16.1. The highest BCUT2D eigenvalue weighted by Crippen LogP contribution is 2.28. The number of carbonyl (C=O) groups is 1. The van der Waals surface area contributed by atoms with Crippen LogP contribution < -0.4 is 4.74 Å². The van der Waals surface area contributed by atoms with Gasteiger partial charge in [-0.25, -0.2) is 8.42 Å². The van der Waals surface area contributed by atoms with Crippen molar-refractivity contribution in [2.24, 2.45) is 0 Å². The second-order valence-electron chi connectivity index (χ2n) is 7.51. The van der Waals surface area contributed by atoms with E-state index in [1.807, 2.05) is 42.2 Å². The number of rotatable bonds is 6. The number of nitrogens with zero attached hydrogens (tertiary/aromatic N) is 2. The van der Waals surface area contributed by atoms with Gasteiger partial charge in [-0.15, -0.1) is 0 Å². The fourth-order valence-corrected chi connectivity index (χ4v) is 5.51. The molecule has 3 aromatic rings. The number of aromatic amines is 1. The van der Waals surface area contributed by atoms with Gasteiger partial charge in [0.05, 0.1) is 13.7 Å². The third-order valence-electron chi connectivity index (χ3n) is 5.53. The van der Waals surface area contributed by atoms with Crippen LogP contribution in [0.5, 0.6) is 5.75 Å². The van der Waals surface area contributed by atoms with Crippen LogP contribution in [-0.4, -0.2) is 68.2 Å². The van der Waals surface area contributed by atoms with Crippen LogP contribution in [0.15, 0.2) is 53.6 Å². The Morgan fingerprint density at radius 1 is 1.10 bits per heavy atom. The quantitative estimate of drug-likeness (QED) is 0.612. The van der Waals surface area contributed by atoms with Crippen molar-refractivity contribution < 1.29 is 17.9 Å². The van der Waals surface area contributed by atoms with Gasteiger partial charge in [0.25, 0.3) is 0 Å². The molecule has 0 unspecified atom stereocenters. The summed E-state index contributed by atoms with van der Waals surface area (Å²) in [6.07, 6.45) is 1.75. The predicted molar refractivity (Wildman–Crippen MR) is 116 cm³/mol. The number of aryl methyl sites for hydroxylation is 1. The zero-order valence-corrected chi connectivity index (χ0v) is 17.9. The molecule has 0 atom stereocenters. The van der Waals surface area contributed by atoms with E-state index in [1.165, 1.54) is 11.4 Å². The van der Waals surface area contributed by atoms with Gasteiger partial charge in [0.2, 0.25) is 10.0 Å². The highest BCUT2D eigenvalue weighted by molar-refractivity contribution is 7.89. The van der Waals surface area contributed by atoms with Crippen molar-refractivity contribution in [1.29, 1.82) is 0 Å². The number of aromatic nitrogens is 1. The molecule has 8 heteroatoms. The highest BCUT2D eigenvalue weighted by atomic mass is 32.2. The molecule has 1 aliphatic rings. The van der Waals surface area contributed by atoms with Gasteiger partial charge < -0.3 is 9.72 Å². The van der Waals surface area contributed by atoms with E-state index in [2.05, 4.69) is 4.98 Å². The number of H-pyrrole nitrogens is 1. The van der Waals surface area contributed by atoms with Crippen LogP contribution in [0.25, 0.3) is 10.9 Å². The summed E-state index contributed by atoms with van der Waals surface area (Å²) >= 11 is 0. The zero-order valence-electron chi connectivity index (χ0n) is 17.1. The Balaban J connectivity index is 1.44. The summed E-state index contributed by atoms with van der Waals surface area (Å²) in [4.78, 5) is 18.1. The van der Waals surface area contributed by atoms with Crippen LogP contribution in [-0.2, 0) is 10.0 Å². The van der Waals surface area contributed by atoms with Gasteiger partial charge >= 0.3 is 0 Å². The topological polar surface area (TPSA) is 82.7 Å². The van der Waals surface area contributed by atoms with Gasteiger partial charge in [0, 0.05) is 48.8 Å². The summed E-state index contributed by atoms with van der Waals surface area (Å²) in [6, 6.07) is 12.9. The van der Waals surface area contributed by atoms with Crippen LogP contribution >= 0.6 is 0 Å². The number of piperazine rings is 1. The molecular weight excluding hydrogens is 402 g/mol. The summed E-state index contributed by atoms with van der Waals surface area (Å²) in [5, 5.41) is 0.912. The first-order valence-corrected chi connectivity index (χ1v) is 11.3. The van der Waals surface area contributed by atoms with E-state index in [9.17, 15) is 13.2 Å². The monoisotopic (exact) mass is 427 g/mol. The molecule has 0 saturated carbocycles. The second-order valence-corrected chi connectivity index (χ2v) is 9.41. The Labute approximate surface area is 176 Å². The number of benzene rings is 2. The van der Waals surface area contributed by atoms with Crippen molar-refractivity contribution in [3.05, 3.63) is 59.8 Å². The van der Waals surface area contributed by atoms with Crippen molar-refractivity contribution in [2.45, 2.75) is 11.8 Å². The molecular formula is C22H25N3O4S. The first-order chi connectivity index (χ1) is 14.4. The molecule has 1 fully saturated rings. The number of ketones is 1. The van der Waals surface area contributed by atoms with Crippen LogP contribution in [0.3, 0.4) is 0 Å². The number of para-hydroxylation sites is 1. The number of nitrogens with one attached hydrogen (secondary N) is 1. The van der Waals surface area contributed by atoms with E-state index >= 15 is 0 Å². The fourth-order valence-electron chi connectivity index (χ4n) is 3.84. The van der Waals surface area contributed by atoms with E-state index in [0.29, 0.717) is 37.5 Å². The van der Waals surface area contributed by atoms with E-state index in [4.69, 9.17) is 4.74 Å². The standard InChI is InChI=1S/C22H25N3O4S/c1-16-7-8-21(29-2)22(13-16)30(27,28)25-11-9-24(10-12-25)15-20(26)18-14-23-19-6-4-3-5-17(18)19/h3-8,13-14,23H,9-12,15H2,1-2H3. The molecule has 1 saturated heterocycles. The molecule has 0 spiro atoms. The summed E-state index contributed by atoms with van der Waals surface area (Å²) in [5.41, 5.74) is 2.46. The number of sulfonamides is 1. The van der Waals surface area contributed by atoms with Crippen LogP contribution in [0.4, 0.5) is 0 Å². The smallest absolute Gasteiger partial charge is 0.246 e. The van der Waals surface area contributed by atoms with Gasteiger partial charge in [-0.3, -0.25) is 9.69 Å². The fraction of sp³-hybridized carbons (Fsp3) is 0.318. The highest BCUT2D eigenvalue weighted by Gasteiger charge is 2.31. The minimum Gasteiger partial charge on any atom is -0.495 e. The minimum atomic E-state index is -3.66. The predicted octanol–water partition coefficient (Wildman–Crippen LogP) is 2.67. The summed E-state index contributed by atoms with van der Waals surface area (Å²) in [7, 11) is -2.19. The van der Waals surface area contributed by atoms with E-state index < -0.39 is 10.0 Å². The average molecular weight is 428 g/mol. The Hall–Kier alpha value is -2.68. The molecule has 0 bridgehead atoms. The Morgan fingerprint density at radius 3 is 2.57 bits per heavy atom. The maximum atomic E-state index is 13.1. The molecule has 1 N–H and O–H groups in total. The SMILES string of the molecule is COc1ccc(C)cc1S(=O)(=O)N1CCN(CC(=O)c2c[nH]c3ccccc23)CC1. The molecule has 7 nitrogen and oxygen atoms in total. The van der Waals surface area contributed by atoms with E-state index in [-0.39, 0.29) is 17.2 Å². The van der Waals surface area contributed by atoms with Gasteiger partial charge in [-0.2, -0.15) is 4.31 Å². The van der Waals surface area contributed by atoms with Crippen molar-refractivity contribution in [1.82, 2.24) is 14.2 Å². The first kappa shape index (κ1) is 20.6. The molecule has 2 aromatic carbocycles. The lowest BCUT2D eigenvalue weighted by atomic mass is 10.1. The van der Waals surface area contributed by atoms with Gasteiger partial charge in [-0.05, 0) is 30.7 Å². The number of ether oxygens (including phenoxy) is 1. The Bertz CT molecular complexity index is 1180. The largest absolute Gasteiger partial charge is 0.495 e. The van der Waals surface area contributed by atoms with Gasteiger partial charge in [0.1, 0.15) is 10.6 Å². The van der Waals surface area contributed by atoms with Crippen LogP contribution in [0, 0.1) is 6.92 Å². The zero-order chi connectivity index (χ0) is 21.3. The summed E-state index contributed by atoms with van der Waals surface area (Å²) < 4.78 is 33.0. The van der Waals surface area contributed by atoms with Gasteiger partial charge in [0.15, 0.2) is 5.78 Å². The molecule has 1 aromatic heterocycles. The number of methoxy groups -OCH3 is 1. The molecule has 158 valence electrons. The van der Waals surface area contributed by atoms with Crippen LogP contribution in [0.2, 0.25) is 0 Å². The molecule has 2 heterocycles. The number of fused-ring (bicyclic) bond motifs is 1. The minimum absolute atomic E-state index is 0.0316. The van der Waals surface area contributed by atoms with E-state index in [0.717, 1.165) is 16.5 Å². The average Bonchev–Trinajstić information content (AvgIpc) is 3.18. The number of hydrogen-bond donors (Lipinski definition) is 1. The van der Waals surface area contributed by atoms with Crippen molar-refractivity contribution >= 4 is 26.7 Å². The van der Waals surface area contributed by atoms with Crippen molar-refractivity contribution in [2.75, 3.05) is 39.8 Å². The lowest BCUT2D eigenvalue weighted by Crippen LogP contribution is -2.49. The molecule has 0 aliphatic carbocycles. The summed E-state index contributed by atoms with van der Waals surface area (Å²) in [5.74, 6) is 0.377. The molecule has 1 aliphatic heterocycles. The van der Waals surface area contributed by atoms with Crippen molar-refractivity contribution in [3.8, 4) is 5.75 Å².